The SMILES string of the molecule is Cn1c(SCC(=O)Nc2ccc([N+](=O)[O-])cc2)nnc1-c1ccccn1. The molecule has 0 aliphatic heterocycles. The Balaban J connectivity index is 1.60. The molecule has 2 aromatic heterocycles. The van der Waals surface area contributed by atoms with E-state index in [0.29, 0.717) is 22.4 Å². The number of non-ortho nitro benzene ring substituents is 1. The van der Waals surface area contributed by atoms with Gasteiger partial charge in [-0.25, -0.2) is 0 Å². The Morgan fingerprint density at radius 1 is 1.23 bits per heavy atom. The van der Waals surface area contributed by atoms with Crippen molar-refractivity contribution in [2.75, 3.05) is 11.1 Å². The fraction of sp³-hybridized carbons (Fsp3) is 0.125. The molecule has 0 saturated heterocycles. The first-order valence-corrected chi connectivity index (χ1v) is 8.51. The Morgan fingerprint density at radius 2 is 2.00 bits per heavy atom. The van der Waals surface area contributed by atoms with E-state index >= 15 is 0 Å². The van der Waals surface area contributed by atoms with E-state index in [9.17, 15) is 14.9 Å². The molecule has 0 aliphatic carbocycles. The highest BCUT2D eigenvalue weighted by atomic mass is 32.2. The Morgan fingerprint density at radius 3 is 2.65 bits per heavy atom. The molecule has 0 saturated carbocycles. The van der Waals surface area contributed by atoms with Crippen molar-refractivity contribution in [2.24, 2.45) is 7.05 Å². The number of aromatic nitrogens is 4. The minimum atomic E-state index is -0.491. The van der Waals surface area contributed by atoms with Crippen LogP contribution in [0, 0.1) is 10.1 Å². The summed E-state index contributed by atoms with van der Waals surface area (Å²) in [7, 11) is 1.81. The number of hydrogen-bond acceptors (Lipinski definition) is 7. The number of amides is 1. The lowest BCUT2D eigenvalue weighted by molar-refractivity contribution is -0.384. The number of hydrogen-bond donors (Lipinski definition) is 1. The van der Waals surface area contributed by atoms with E-state index in [-0.39, 0.29) is 17.3 Å². The van der Waals surface area contributed by atoms with E-state index in [2.05, 4.69) is 20.5 Å². The van der Waals surface area contributed by atoms with E-state index in [1.807, 2.05) is 18.2 Å². The molecule has 0 unspecified atom stereocenters. The standard InChI is InChI=1S/C16H14N6O3S/c1-21-15(13-4-2-3-9-17-13)19-20-16(21)26-10-14(23)18-11-5-7-12(8-6-11)22(24)25/h2-9H,10H2,1H3,(H,18,23). The summed E-state index contributed by atoms with van der Waals surface area (Å²) in [6.45, 7) is 0. The first-order chi connectivity index (χ1) is 12.5. The Labute approximate surface area is 152 Å². The molecular weight excluding hydrogens is 356 g/mol. The van der Waals surface area contributed by atoms with Crippen LogP contribution in [0.1, 0.15) is 0 Å². The topological polar surface area (TPSA) is 116 Å². The van der Waals surface area contributed by atoms with Gasteiger partial charge < -0.3 is 9.88 Å². The van der Waals surface area contributed by atoms with Crippen LogP contribution in [-0.4, -0.2) is 36.3 Å². The number of nitro groups is 1. The number of nitrogens with zero attached hydrogens (tertiary/aromatic N) is 5. The summed E-state index contributed by atoms with van der Waals surface area (Å²) in [6, 6.07) is 11.2. The van der Waals surface area contributed by atoms with Crippen LogP contribution in [0.5, 0.6) is 0 Å². The molecule has 2 heterocycles. The second-order valence-corrected chi connectivity index (χ2v) is 6.16. The summed E-state index contributed by atoms with van der Waals surface area (Å²) in [5.74, 6) is 0.501. The number of nitro benzene ring substituents is 1. The number of nitrogens with one attached hydrogen (secondary N) is 1. The highest BCUT2D eigenvalue weighted by Crippen LogP contribution is 2.21. The Hall–Kier alpha value is -3.27. The fourth-order valence-electron chi connectivity index (χ4n) is 2.15. The van der Waals surface area contributed by atoms with Crippen molar-refractivity contribution in [1.29, 1.82) is 0 Å². The molecule has 1 aromatic carbocycles. The van der Waals surface area contributed by atoms with Crippen LogP contribution in [-0.2, 0) is 11.8 Å². The third kappa shape index (κ3) is 4.03. The van der Waals surface area contributed by atoms with Gasteiger partial charge >= 0.3 is 0 Å². The maximum Gasteiger partial charge on any atom is 0.269 e. The van der Waals surface area contributed by atoms with Gasteiger partial charge in [-0.1, -0.05) is 17.8 Å². The number of thioether (sulfide) groups is 1. The predicted octanol–water partition coefficient (Wildman–Crippen LogP) is 2.52. The van der Waals surface area contributed by atoms with Crippen molar-refractivity contribution in [2.45, 2.75) is 5.16 Å². The number of pyridine rings is 1. The van der Waals surface area contributed by atoms with Crippen LogP contribution in [0.25, 0.3) is 11.5 Å². The van der Waals surface area contributed by atoms with Gasteiger partial charge in [0.1, 0.15) is 5.69 Å². The van der Waals surface area contributed by atoms with E-state index < -0.39 is 4.92 Å². The predicted molar refractivity (Wildman–Crippen MR) is 96.7 cm³/mol. The van der Waals surface area contributed by atoms with E-state index in [1.54, 1.807) is 17.8 Å². The smallest absolute Gasteiger partial charge is 0.269 e. The molecule has 0 radical (unpaired) electrons. The highest BCUT2D eigenvalue weighted by molar-refractivity contribution is 7.99. The van der Waals surface area contributed by atoms with Crippen molar-refractivity contribution < 1.29 is 9.72 Å². The summed E-state index contributed by atoms with van der Waals surface area (Å²) >= 11 is 1.24. The van der Waals surface area contributed by atoms with E-state index in [4.69, 9.17) is 0 Å². The monoisotopic (exact) mass is 370 g/mol. The lowest BCUT2D eigenvalue weighted by atomic mass is 10.3. The molecule has 10 heteroatoms. The van der Waals surface area contributed by atoms with Gasteiger partial charge in [-0.2, -0.15) is 0 Å². The van der Waals surface area contributed by atoms with E-state index in [1.165, 1.54) is 36.0 Å². The molecule has 0 bridgehead atoms. The number of anilines is 1. The highest BCUT2D eigenvalue weighted by Gasteiger charge is 2.14. The molecule has 3 aromatic rings. The van der Waals surface area contributed by atoms with Crippen LogP contribution in [0.15, 0.2) is 53.8 Å². The zero-order valence-electron chi connectivity index (χ0n) is 13.7. The first-order valence-electron chi connectivity index (χ1n) is 7.52. The molecule has 1 N–H and O–H groups in total. The van der Waals surface area contributed by atoms with Crippen LogP contribution >= 0.6 is 11.8 Å². The van der Waals surface area contributed by atoms with Gasteiger partial charge in [0.2, 0.25) is 5.91 Å². The lowest BCUT2D eigenvalue weighted by Crippen LogP contribution is -2.14. The molecule has 1 amide bonds. The zero-order valence-corrected chi connectivity index (χ0v) is 14.5. The molecule has 132 valence electrons. The van der Waals surface area contributed by atoms with Crippen LogP contribution in [0.3, 0.4) is 0 Å². The van der Waals surface area contributed by atoms with Crippen molar-refractivity contribution in [3.05, 3.63) is 58.8 Å². The van der Waals surface area contributed by atoms with Crippen molar-refractivity contribution in [3.63, 3.8) is 0 Å². The van der Waals surface area contributed by atoms with Gasteiger partial charge in [0.05, 0.1) is 10.7 Å². The third-order valence-electron chi connectivity index (χ3n) is 3.42. The molecule has 0 aliphatic rings. The van der Waals surface area contributed by atoms with Gasteiger partial charge in [-0.15, -0.1) is 10.2 Å². The minimum Gasteiger partial charge on any atom is -0.325 e. The molecule has 0 spiro atoms. The molecule has 0 atom stereocenters. The Bertz CT molecular complexity index is 927. The summed E-state index contributed by atoms with van der Waals surface area (Å²) in [6.07, 6.45) is 1.68. The van der Waals surface area contributed by atoms with Gasteiger partial charge in [-0.05, 0) is 24.3 Å². The Kier molecular flexibility index (Phi) is 5.23. The van der Waals surface area contributed by atoms with E-state index in [0.717, 1.165) is 0 Å². The van der Waals surface area contributed by atoms with Crippen molar-refractivity contribution >= 4 is 29.0 Å². The quantitative estimate of drug-likeness (QED) is 0.402. The third-order valence-corrected chi connectivity index (χ3v) is 4.44. The average Bonchev–Trinajstić information content (AvgIpc) is 3.02. The molecule has 9 nitrogen and oxygen atoms in total. The molecule has 3 rings (SSSR count). The summed E-state index contributed by atoms with van der Waals surface area (Å²) in [4.78, 5) is 26.4. The van der Waals surface area contributed by atoms with Crippen LogP contribution in [0.2, 0.25) is 0 Å². The van der Waals surface area contributed by atoms with Crippen LogP contribution < -0.4 is 5.32 Å². The van der Waals surface area contributed by atoms with Crippen molar-refractivity contribution in [1.82, 2.24) is 19.7 Å². The van der Waals surface area contributed by atoms with Gasteiger partial charge in [0.25, 0.3) is 5.69 Å². The summed E-state index contributed by atoms with van der Waals surface area (Å²) in [5, 5.41) is 22.1. The summed E-state index contributed by atoms with van der Waals surface area (Å²) < 4.78 is 1.77. The zero-order chi connectivity index (χ0) is 18.5. The van der Waals surface area contributed by atoms with Gasteiger partial charge in [-0.3, -0.25) is 19.9 Å². The second-order valence-electron chi connectivity index (χ2n) is 5.22. The maximum atomic E-state index is 12.1. The number of carbonyl (C=O) groups excluding carboxylic acids is 1. The molecule has 26 heavy (non-hydrogen) atoms. The first kappa shape index (κ1) is 17.5. The second kappa shape index (κ2) is 7.74. The van der Waals surface area contributed by atoms with Gasteiger partial charge in [0, 0.05) is 31.1 Å². The summed E-state index contributed by atoms with van der Waals surface area (Å²) in [5.41, 5.74) is 1.16. The average molecular weight is 370 g/mol. The molecule has 0 fully saturated rings. The van der Waals surface area contributed by atoms with Crippen LogP contribution in [0.4, 0.5) is 11.4 Å². The number of rotatable bonds is 6. The maximum absolute atomic E-state index is 12.1. The fourth-order valence-corrected chi connectivity index (χ4v) is 2.86. The molecular formula is C16H14N6O3S. The van der Waals surface area contributed by atoms with Crippen molar-refractivity contribution in [3.8, 4) is 11.5 Å². The van der Waals surface area contributed by atoms with Gasteiger partial charge in [0.15, 0.2) is 11.0 Å². The minimum absolute atomic E-state index is 0.0292. The largest absolute Gasteiger partial charge is 0.325 e. The number of benzene rings is 1. The lowest BCUT2D eigenvalue weighted by Gasteiger charge is -2.05. The number of carbonyl (C=O) groups is 1. The normalized spacial score (nSPS) is 10.5.